The molecule has 0 bridgehead atoms. The van der Waals surface area contributed by atoms with Gasteiger partial charge in [-0.15, -0.1) is 0 Å². The van der Waals surface area contributed by atoms with E-state index in [-0.39, 0.29) is 11.8 Å². The Labute approximate surface area is 124 Å². The van der Waals surface area contributed by atoms with Gasteiger partial charge in [-0.1, -0.05) is 12.1 Å². The lowest BCUT2D eigenvalue weighted by Crippen LogP contribution is -2.36. The third-order valence-electron chi connectivity index (χ3n) is 4.56. The fourth-order valence-corrected chi connectivity index (χ4v) is 3.17. The molecule has 21 heavy (non-hydrogen) atoms. The second-order valence-electron chi connectivity index (χ2n) is 5.91. The highest BCUT2D eigenvalue weighted by atomic mass is 16.1. The van der Waals surface area contributed by atoms with Gasteiger partial charge in [0, 0.05) is 19.0 Å². The topological polar surface area (TPSA) is 72.9 Å². The van der Waals surface area contributed by atoms with E-state index in [1.807, 2.05) is 18.2 Å². The van der Waals surface area contributed by atoms with Crippen LogP contribution in [0.15, 0.2) is 24.3 Å². The van der Waals surface area contributed by atoms with Gasteiger partial charge >= 0.3 is 0 Å². The van der Waals surface area contributed by atoms with Gasteiger partial charge in [-0.3, -0.25) is 4.79 Å². The predicted molar refractivity (Wildman–Crippen MR) is 82.5 cm³/mol. The summed E-state index contributed by atoms with van der Waals surface area (Å²) in [6, 6.07) is 8.63. The van der Waals surface area contributed by atoms with Crippen LogP contribution in [0.3, 0.4) is 0 Å². The summed E-state index contributed by atoms with van der Waals surface area (Å²) in [5.74, 6) is 0.968. The van der Waals surface area contributed by atoms with Gasteiger partial charge in [0.05, 0.1) is 17.6 Å². The van der Waals surface area contributed by atoms with Crippen molar-refractivity contribution in [2.45, 2.75) is 38.3 Å². The molecule has 2 aromatic rings. The quantitative estimate of drug-likeness (QED) is 0.898. The minimum Gasteiger partial charge on any atom is -0.369 e. The molecule has 0 atom stereocenters. The molecule has 3 rings (SSSR count). The zero-order chi connectivity index (χ0) is 14.8. The van der Waals surface area contributed by atoms with Crippen molar-refractivity contribution in [3.63, 3.8) is 0 Å². The number of hydrogen-bond acceptors (Lipinski definition) is 3. The Bertz CT molecular complexity index is 641. The number of nitrogens with zero attached hydrogens (tertiary/aromatic N) is 2. The van der Waals surface area contributed by atoms with Crippen molar-refractivity contribution in [1.82, 2.24) is 14.9 Å². The normalized spacial score (nSPS) is 22.5. The fraction of sp³-hybridized carbons (Fsp3) is 0.500. The Balaban J connectivity index is 1.60. The Morgan fingerprint density at radius 1 is 1.33 bits per heavy atom. The van der Waals surface area contributed by atoms with Crippen LogP contribution in [-0.2, 0) is 18.4 Å². The molecule has 0 saturated heterocycles. The molecule has 1 fully saturated rings. The maximum absolute atomic E-state index is 11.2. The second-order valence-corrected chi connectivity index (χ2v) is 5.91. The van der Waals surface area contributed by atoms with Crippen molar-refractivity contribution in [3.05, 3.63) is 30.1 Å². The number of imidazole rings is 1. The number of fused-ring (bicyclic) bond motifs is 1. The maximum Gasteiger partial charge on any atom is 0.220 e. The standard InChI is InChI=1S/C16H22N4O/c1-20-14-5-3-2-4-13(14)19-15(20)10-18-12-8-6-11(7-9-12)16(17)21/h2-5,11-12,18H,6-10H2,1H3,(H2,17,21). The van der Waals surface area contributed by atoms with Gasteiger partial charge in [0.1, 0.15) is 5.82 Å². The lowest BCUT2D eigenvalue weighted by molar-refractivity contribution is -0.122. The van der Waals surface area contributed by atoms with E-state index >= 15 is 0 Å². The molecule has 1 amide bonds. The molecule has 1 aromatic carbocycles. The van der Waals surface area contributed by atoms with Gasteiger partial charge in [-0.25, -0.2) is 4.98 Å². The van der Waals surface area contributed by atoms with Crippen LogP contribution in [0.25, 0.3) is 11.0 Å². The van der Waals surface area contributed by atoms with Crippen molar-refractivity contribution in [1.29, 1.82) is 0 Å². The number of amides is 1. The van der Waals surface area contributed by atoms with E-state index in [1.54, 1.807) is 0 Å². The molecule has 0 radical (unpaired) electrons. The van der Waals surface area contributed by atoms with Crippen LogP contribution in [0.4, 0.5) is 0 Å². The number of benzene rings is 1. The van der Waals surface area contributed by atoms with Crippen LogP contribution in [0.5, 0.6) is 0 Å². The average molecular weight is 286 g/mol. The van der Waals surface area contributed by atoms with Crippen LogP contribution < -0.4 is 11.1 Å². The number of hydrogen-bond donors (Lipinski definition) is 2. The summed E-state index contributed by atoms with van der Waals surface area (Å²) in [6.45, 7) is 0.761. The van der Waals surface area contributed by atoms with E-state index in [1.165, 1.54) is 0 Å². The molecule has 5 heteroatoms. The second kappa shape index (κ2) is 5.85. The molecular weight excluding hydrogens is 264 g/mol. The van der Waals surface area contributed by atoms with E-state index in [0.29, 0.717) is 6.04 Å². The molecule has 0 aliphatic heterocycles. The monoisotopic (exact) mass is 286 g/mol. The molecule has 1 aromatic heterocycles. The van der Waals surface area contributed by atoms with Crippen LogP contribution in [0, 0.1) is 5.92 Å². The molecule has 5 nitrogen and oxygen atoms in total. The van der Waals surface area contributed by atoms with Crippen molar-refractivity contribution < 1.29 is 4.79 Å². The first-order valence-corrected chi connectivity index (χ1v) is 7.58. The van der Waals surface area contributed by atoms with Crippen LogP contribution in [0.1, 0.15) is 31.5 Å². The Morgan fingerprint density at radius 2 is 2.05 bits per heavy atom. The van der Waals surface area contributed by atoms with Crippen LogP contribution >= 0.6 is 0 Å². The summed E-state index contributed by atoms with van der Waals surface area (Å²) in [4.78, 5) is 15.8. The van der Waals surface area contributed by atoms with Gasteiger partial charge in [-0.2, -0.15) is 0 Å². The first-order chi connectivity index (χ1) is 10.1. The fourth-order valence-electron chi connectivity index (χ4n) is 3.17. The predicted octanol–water partition coefficient (Wildman–Crippen LogP) is 1.71. The van der Waals surface area contributed by atoms with Gasteiger partial charge in [-0.05, 0) is 37.8 Å². The molecule has 1 heterocycles. The smallest absolute Gasteiger partial charge is 0.220 e. The lowest BCUT2D eigenvalue weighted by atomic mass is 9.85. The average Bonchev–Trinajstić information content (AvgIpc) is 2.82. The molecule has 0 unspecified atom stereocenters. The molecule has 1 saturated carbocycles. The number of aromatic nitrogens is 2. The van der Waals surface area contributed by atoms with Crippen LogP contribution in [-0.4, -0.2) is 21.5 Å². The molecule has 112 valence electrons. The molecular formula is C16H22N4O. The number of nitrogens with one attached hydrogen (secondary N) is 1. The third kappa shape index (κ3) is 2.93. The van der Waals surface area contributed by atoms with Crippen LogP contribution in [0.2, 0.25) is 0 Å². The largest absolute Gasteiger partial charge is 0.369 e. The summed E-state index contributed by atoms with van der Waals surface area (Å²) in [5, 5.41) is 3.56. The van der Waals surface area contributed by atoms with E-state index in [9.17, 15) is 4.79 Å². The number of rotatable bonds is 4. The van der Waals surface area contributed by atoms with Gasteiger partial charge in [0.2, 0.25) is 5.91 Å². The van der Waals surface area contributed by atoms with Crippen molar-refractivity contribution in [2.24, 2.45) is 18.7 Å². The molecule has 0 spiro atoms. The number of nitrogens with two attached hydrogens (primary N) is 1. The van der Waals surface area contributed by atoms with E-state index in [2.05, 4.69) is 28.0 Å². The van der Waals surface area contributed by atoms with E-state index in [0.717, 1.165) is 49.1 Å². The molecule has 1 aliphatic carbocycles. The Morgan fingerprint density at radius 3 is 2.71 bits per heavy atom. The van der Waals surface area contributed by atoms with Gasteiger partial charge in [0.25, 0.3) is 0 Å². The highest BCUT2D eigenvalue weighted by Crippen LogP contribution is 2.24. The van der Waals surface area contributed by atoms with E-state index < -0.39 is 0 Å². The van der Waals surface area contributed by atoms with Gasteiger partial charge in [0.15, 0.2) is 0 Å². The summed E-state index contributed by atoms with van der Waals surface area (Å²) in [6.07, 6.45) is 3.82. The van der Waals surface area contributed by atoms with E-state index in [4.69, 9.17) is 5.73 Å². The first-order valence-electron chi connectivity index (χ1n) is 7.58. The van der Waals surface area contributed by atoms with Crippen molar-refractivity contribution >= 4 is 16.9 Å². The highest BCUT2D eigenvalue weighted by Gasteiger charge is 2.24. The lowest BCUT2D eigenvalue weighted by Gasteiger charge is -2.27. The van der Waals surface area contributed by atoms with Gasteiger partial charge < -0.3 is 15.6 Å². The number of para-hydroxylation sites is 2. The minimum atomic E-state index is -0.149. The SMILES string of the molecule is Cn1c(CNC2CCC(C(N)=O)CC2)nc2ccccc21. The number of aryl methyl sites for hydroxylation is 1. The number of primary amides is 1. The number of carbonyl (C=O) groups is 1. The Hall–Kier alpha value is -1.88. The van der Waals surface area contributed by atoms with Crippen molar-refractivity contribution in [2.75, 3.05) is 0 Å². The summed E-state index contributed by atoms with van der Waals surface area (Å²) >= 11 is 0. The Kier molecular flexibility index (Phi) is 3.92. The zero-order valence-corrected chi connectivity index (χ0v) is 12.4. The minimum absolute atomic E-state index is 0.0683. The summed E-state index contributed by atoms with van der Waals surface area (Å²) in [7, 11) is 2.05. The zero-order valence-electron chi connectivity index (χ0n) is 12.4. The molecule has 3 N–H and O–H groups in total. The highest BCUT2D eigenvalue weighted by molar-refractivity contribution is 5.76. The third-order valence-corrected chi connectivity index (χ3v) is 4.56. The number of carbonyl (C=O) groups excluding carboxylic acids is 1. The van der Waals surface area contributed by atoms with Crippen molar-refractivity contribution in [3.8, 4) is 0 Å². The maximum atomic E-state index is 11.2. The molecule has 1 aliphatic rings. The summed E-state index contributed by atoms with van der Waals surface area (Å²) < 4.78 is 2.14. The summed E-state index contributed by atoms with van der Waals surface area (Å²) in [5.41, 5.74) is 7.56. The first kappa shape index (κ1) is 14.1.